The van der Waals surface area contributed by atoms with Crippen LogP contribution in [-0.2, 0) is 13.0 Å². The topological polar surface area (TPSA) is 78.5 Å². The largest absolute Gasteiger partial charge is 0.383 e. The summed E-state index contributed by atoms with van der Waals surface area (Å²) < 4.78 is 0. The van der Waals surface area contributed by atoms with Crippen molar-refractivity contribution in [1.29, 1.82) is 5.41 Å². The first-order valence-electron chi connectivity index (χ1n) is 11.4. The molecule has 170 valence electrons. The lowest BCUT2D eigenvalue weighted by Gasteiger charge is -2.31. The van der Waals surface area contributed by atoms with Gasteiger partial charge < -0.3 is 26.4 Å². The molecule has 1 aromatic carbocycles. The Hall–Kier alpha value is -3.03. The monoisotopic (exact) mass is 433 g/mol. The van der Waals surface area contributed by atoms with E-state index in [2.05, 4.69) is 64.0 Å². The van der Waals surface area contributed by atoms with Crippen molar-refractivity contribution in [3.63, 3.8) is 0 Å². The highest BCUT2D eigenvalue weighted by Gasteiger charge is 2.19. The molecule has 0 saturated heterocycles. The lowest BCUT2D eigenvalue weighted by molar-refractivity contribution is 0.219. The summed E-state index contributed by atoms with van der Waals surface area (Å²) >= 11 is 0. The number of nitrogens with one attached hydrogen (secondary N) is 5. The van der Waals surface area contributed by atoms with Gasteiger partial charge in [0.25, 0.3) is 0 Å². The van der Waals surface area contributed by atoms with Crippen LogP contribution in [0, 0.1) is 11.3 Å². The molecule has 5 N–H and O–H groups in total. The number of benzene rings is 1. The minimum atomic E-state index is -0.0394. The fourth-order valence-corrected chi connectivity index (χ4v) is 4.31. The van der Waals surface area contributed by atoms with Gasteiger partial charge in [0.05, 0.1) is 17.1 Å². The van der Waals surface area contributed by atoms with E-state index in [9.17, 15) is 0 Å². The highest BCUT2D eigenvalue weighted by molar-refractivity contribution is 6.06. The average molecular weight is 434 g/mol. The van der Waals surface area contributed by atoms with E-state index in [-0.39, 0.29) is 6.17 Å². The zero-order chi connectivity index (χ0) is 22.5. The van der Waals surface area contributed by atoms with Gasteiger partial charge in [-0.1, -0.05) is 37.8 Å². The average Bonchev–Trinajstić information content (AvgIpc) is 3.45. The molecule has 7 heteroatoms. The Bertz CT molecular complexity index is 945. The van der Waals surface area contributed by atoms with Crippen molar-refractivity contribution in [1.82, 2.24) is 31.3 Å². The van der Waals surface area contributed by atoms with Gasteiger partial charge in [-0.2, -0.15) is 0 Å². The Morgan fingerprint density at radius 1 is 1.34 bits per heavy atom. The quantitative estimate of drug-likeness (QED) is 0.384. The third-order valence-corrected chi connectivity index (χ3v) is 6.16. The predicted molar refractivity (Wildman–Crippen MR) is 131 cm³/mol. The molecule has 0 saturated carbocycles. The molecule has 0 spiro atoms. The van der Waals surface area contributed by atoms with Crippen LogP contribution < -0.4 is 21.4 Å². The minimum Gasteiger partial charge on any atom is -0.383 e. The SMILES string of the molecule is C=C(NCC(C)CN1CCc2ccccc2C1)C1=CNC(/C=C\C(=N)C2=CN(C)NC2)N1. The first kappa shape index (κ1) is 22.2. The van der Waals surface area contributed by atoms with Gasteiger partial charge >= 0.3 is 0 Å². The van der Waals surface area contributed by atoms with E-state index in [4.69, 9.17) is 5.41 Å². The molecule has 0 bridgehead atoms. The second-order valence-electron chi connectivity index (χ2n) is 8.94. The molecule has 0 radical (unpaired) electrons. The van der Waals surface area contributed by atoms with E-state index in [1.807, 2.05) is 36.6 Å². The number of allylic oxidation sites excluding steroid dienone is 1. The van der Waals surface area contributed by atoms with Crippen LogP contribution in [0.25, 0.3) is 0 Å². The van der Waals surface area contributed by atoms with E-state index in [0.29, 0.717) is 18.2 Å². The van der Waals surface area contributed by atoms with E-state index < -0.39 is 0 Å². The standard InChI is InChI=1S/C25H35N7/c1-18(15-32-11-10-20-6-4-5-7-21(20)17-32)12-27-19(2)24-14-28-25(30-24)9-8-23(26)22-13-29-31(3)16-22/h4-9,14,16,18,25-30H,2,10-13,15,17H2,1,3H3/b9-8-,26-23?. The smallest absolute Gasteiger partial charge is 0.116 e. The maximum absolute atomic E-state index is 8.21. The van der Waals surface area contributed by atoms with Crippen LogP contribution in [-0.4, -0.2) is 55.0 Å². The Morgan fingerprint density at radius 2 is 2.16 bits per heavy atom. The van der Waals surface area contributed by atoms with Crippen LogP contribution in [0.2, 0.25) is 0 Å². The second kappa shape index (κ2) is 10.1. The third kappa shape index (κ3) is 5.60. The minimum absolute atomic E-state index is 0.0394. The van der Waals surface area contributed by atoms with Gasteiger partial charge in [0.15, 0.2) is 0 Å². The van der Waals surface area contributed by atoms with Gasteiger partial charge in [0.2, 0.25) is 0 Å². The highest BCUT2D eigenvalue weighted by Crippen LogP contribution is 2.19. The molecule has 3 heterocycles. The predicted octanol–water partition coefficient (Wildman–Crippen LogP) is 2.05. The Kier molecular flexibility index (Phi) is 6.97. The summed E-state index contributed by atoms with van der Waals surface area (Å²) in [6, 6.07) is 8.79. The highest BCUT2D eigenvalue weighted by atomic mass is 15.5. The Labute approximate surface area is 191 Å². The van der Waals surface area contributed by atoms with Crippen LogP contribution in [0.3, 0.4) is 0 Å². The van der Waals surface area contributed by atoms with Gasteiger partial charge in [0, 0.05) is 57.7 Å². The summed E-state index contributed by atoms with van der Waals surface area (Å²) in [6.45, 7) is 11.3. The van der Waals surface area contributed by atoms with Gasteiger partial charge in [-0.05, 0) is 35.6 Å². The summed E-state index contributed by atoms with van der Waals surface area (Å²) in [7, 11) is 1.94. The maximum atomic E-state index is 8.21. The summed E-state index contributed by atoms with van der Waals surface area (Å²) in [5.74, 6) is 0.523. The number of hydrogen-bond acceptors (Lipinski definition) is 7. The number of hydrazine groups is 1. The lowest BCUT2D eigenvalue weighted by atomic mass is 9.99. The number of hydrogen-bond donors (Lipinski definition) is 5. The summed E-state index contributed by atoms with van der Waals surface area (Å²) in [5.41, 5.74) is 9.47. The first-order valence-corrected chi connectivity index (χ1v) is 11.4. The molecule has 0 aliphatic carbocycles. The van der Waals surface area contributed by atoms with Crippen molar-refractivity contribution in [3.05, 3.63) is 83.5 Å². The molecule has 3 aliphatic heterocycles. The zero-order valence-corrected chi connectivity index (χ0v) is 19.1. The molecule has 4 rings (SSSR count). The Morgan fingerprint density at radius 3 is 2.94 bits per heavy atom. The van der Waals surface area contributed by atoms with E-state index >= 15 is 0 Å². The molecule has 0 fully saturated rings. The van der Waals surface area contributed by atoms with Gasteiger partial charge in [-0.15, -0.1) is 0 Å². The number of nitrogens with zero attached hydrogens (tertiary/aromatic N) is 2. The van der Waals surface area contributed by atoms with Crippen molar-refractivity contribution in [2.24, 2.45) is 5.92 Å². The molecule has 7 nitrogen and oxygen atoms in total. The van der Waals surface area contributed by atoms with Gasteiger partial charge in [0.1, 0.15) is 6.17 Å². The van der Waals surface area contributed by atoms with Crippen LogP contribution in [0.1, 0.15) is 18.1 Å². The Balaban J connectivity index is 1.17. The maximum Gasteiger partial charge on any atom is 0.116 e. The van der Waals surface area contributed by atoms with Crippen molar-refractivity contribution < 1.29 is 0 Å². The molecule has 0 amide bonds. The van der Waals surface area contributed by atoms with Crippen LogP contribution in [0.15, 0.2) is 72.4 Å². The van der Waals surface area contributed by atoms with Gasteiger partial charge in [-0.3, -0.25) is 4.90 Å². The molecule has 0 aromatic heterocycles. The number of fused-ring (bicyclic) bond motifs is 1. The molecule has 32 heavy (non-hydrogen) atoms. The molecular formula is C25H35N7. The van der Waals surface area contributed by atoms with E-state index in [1.54, 1.807) is 0 Å². The summed E-state index contributed by atoms with van der Waals surface area (Å²) in [6.07, 6.45) is 8.80. The van der Waals surface area contributed by atoms with Crippen LogP contribution >= 0.6 is 0 Å². The van der Waals surface area contributed by atoms with Crippen molar-refractivity contribution >= 4 is 5.71 Å². The molecule has 2 atom stereocenters. The molecule has 3 aliphatic rings. The molecule has 2 unspecified atom stereocenters. The van der Waals surface area contributed by atoms with E-state index in [1.165, 1.54) is 11.1 Å². The fourth-order valence-electron chi connectivity index (χ4n) is 4.31. The van der Waals surface area contributed by atoms with Crippen molar-refractivity contribution in [2.75, 3.05) is 33.2 Å². The van der Waals surface area contributed by atoms with Crippen molar-refractivity contribution in [2.45, 2.75) is 26.1 Å². The van der Waals surface area contributed by atoms with E-state index in [0.717, 1.165) is 49.6 Å². The normalized spacial score (nSPS) is 21.4. The van der Waals surface area contributed by atoms with Crippen LogP contribution in [0.5, 0.6) is 0 Å². The first-order chi connectivity index (χ1) is 15.5. The summed E-state index contributed by atoms with van der Waals surface area (Å²) in [5, 5.41) is 20.3. The van der Waals surface area contributed by atoms with Gasteiger partial charge in [-0.25, -0.2) is 5.43 Å². The molecular weight excluding hydrogens is 398 g/mol. The fraction of sp³-hybridized carbons (Fsp3) is 0.400. The lowest BCUT2D eigenvalue weighted by Crippen LogP contribution is -2.37. The summed E-state index contributed by atoms with van der Waals surface area (Å²) in [4.78, 5) is 2.55. The molecule has 1 aromatic rings. The second-order valence-corrected chi connectivity index (χ2v) is 8.94. The zero-order valence-electron chi connectivity index (χ0n) is 19.1. The number of rotatable bonds is 9. The van der Waals surface area contributed by atoms with Crippen molar-refractivity contribution in [3.8, 4) is 0 Å². The third-order valence-electron chi connectivity index (χ3n) is 6.16. The van der Waals surface area contributed by atoms with Crippen LogP contribution in [0.4, 0.5) is 0 Å².